The van der Waals surface area contributed by atoms with Crippen molar-refractivity contribution in [3.63, 3.8) is 0 Å². The molecule has 0 aliphatic carbocycles. The van der Waals surface area contributed by atoms with Gasteiger partial charge in [-0.05, 0) is 37.6 Å². The average molecular weight is 400 g/mol. The SMILES string of the molecule is CCC(Sc1nnc(C)s1)C(=O)N1c2ccccc2Sc2ccccc21. The van der Waals surface area contributed by atoms with E-state index in [1.54, 1.807) is 11.8 Å². The van der Waals surface area contributed by atoms with Crippen LogP contribution in [0.3, 0.4) is 0 Å². The van der Waals surface area contributed by atoms with Crippen LogP contribution in [0.4, 0.5) is 11.4 Å². The Bertz CT molecular complexity index is 911. The van der Waals surface area contributed by atoms with Crippen molar-refractivity contribution < 1.29 is 4.79 Å². The van der Waals surface area contributed by atoms with E-state index in [1.165, 1.54) is 23.1 Å². The van der Waals surface area contributed by atoms with Crippen LogP contribution < -0.4 is 4.90 Å². The monoisotopic (exact) mass is 399 g/mol. The van der Waals surface area contributed by atoms with Crippen molar-refractivity contribution in [2.24, 2.45) is 0 Å². The lowest BCUT2D eigenvalue weighted by Crippen LogP contribution is -2.35. The van der Waals surface area contributed by atoms with Gasteiger partial charge in [-0.3, -0.25) is 9.69 Å². The summed E-state index contributed by atoms with van der Waals surface area (Å²) in [5, 5.41) is 8.96. The Hall–Kier alpha value is -1.83. The number of aromatic nitrogens is 2. The molecule has 4 nitrogen and oxygen atoms in total. The topological polar surface area (TPSA) is 46.1 Å². The third kappa shape index (κ3) is 3.26. The fourth-order valence-corrected chi connectivity index (χ4v) is 5.92. The van der Waals surface area contributed by atoms with Crippen molar-refractivity contribution in [1.82, 2.24) is 10.2 Å². The van der Waals surface area contributed by atoms with Crippen LogP contribution in [0.2, 0.25) is 0 Å². The van der Waals surface area contributed by atoms with E-state index < -0.39 is 0 Å². The highest BCUT2D eigenvalue weighted by atomic mass is 32.2. The molecule has 1 aliphatic rings. The lowest BCUT2D eigenvalue weighted by molar-refractivity contribution is -0.117. The first-order valence-corrected chi connectivity index (χ1v) is 10.8. The zero-order valence-corrected chi connectivity index (χ0v) is 16.8. The molecule has 1 atom stereocenters. The number of hydrogen-bond acceptors (Lipinski definition) is 6. The molecular formula is C19H17N3OS3. The summed E-state index contributed by atoms with van der Waals surface area (Å²) >= 11 is 4.75. The number of fused-ring (bicyclic) bond motifs is 2. The first-order valence-electron chi connectivity index (χ1n) is 8.34. The van der Waals surface area contributed by atoms with Crippen LogP contribution in [0, 0.1) is 6.92 Å². The van der Waals surface area contributed by atoms with Crippen LogP contribution in [0.1, 0.15) is 18.4 Å². The van der Waals surface area contributed by atoms with Crippen LogP contribution in [-0.2, 0) is 4.79 Å². The number of hydrogen-bond donors (Lipinski definition) is 0. The Balaban J connectivity index is 1.72. The Kier molecular flexibility index (Phi) is 5.02. The largest absolute Gasteiger partial charge is 0.278 e. The van der Waals surface area contributed by atoms with Crippen molar-refractivity contribution in [1.29, 1.82) is 0 Å². The Morgan fingerprint density at radius 2 is 1.69 bits per heavy atom. The predicted molar refractivity (Wildman–Crippen MR) is 109 cm³/mol. The molecule has 7 heteroatoms. The van der Waals surface area contributed by atoms with E-state index >= 15 is 0 Å². The van der Waals surface area contributed by atoms with E-state index in [2.05, 4.69) is 22.3 Å². The zero-order chi connectivity index (χ0) is 18.1. The number of thioether (sulfide) groups is 1. The molecule has 26 heavy (non-hydrogen) atoms. The highest BCUT2D eigenvalue weighted by Crippen LogP contribution is 2.48. The summed E-state index contributed by atoms with van der Waals surface area (Å²) in [7, 11) is 0. The van der Waals surface area contributed by atoms with E-state index in [0.717, 1.165) is 36.9 Å². The van der Waals surface area contributed by atoms with Crippen LogP contribution in [0.5, 0.6) is 0 Å². The van der Waals surface area contributed by atoms with Gasteiger partial charge in [-0.15, -0.1) is 10.2 Å². The second-order valence-electron chi connectivity index (χ2n) is 5.81. The minimum atomic E-state index is -0.202. The molecule has 0 bridgehead atoms. The van der Waals surface area contributed by atoms with Crippen molar-refractivity contribution in [2.45, 2.75) is 39.6 Å². The molecule has 2 aromatic carbocycles. The summed E-state index contributed by atoms with van der Waals surface area (Å²) in [5.41, 5.74) is 1.90. The number of aryl methyl sites for hydroxylation is 1. The zero-order valence-electron chi connectivity index (χ0n) is 14.4. The van der Waals surface area contributed by atoms with E-state index in [9.17, 15) is 4.79 Å². The maximum Gasteiger partial charge on any atom is 0.245 e. The maximum absolute atomic E-state index is 13.5. The van der Waals surface area contributed by atoms with Crippen molar-refractivity contribution in [3.05, 3.63) is 53.5 Å². The molecular weight excluding hydrogens is 382 g/mol. The van der Waals surface area contributed by atoms with E-state index in [4.69, 9.17) is 0 Å². The number of amides is 1. The number of nitrogens with zero attached hydrogens (tertiary/aromatic N) is 3. The van der Waals surface area contributed by atoms with Crippen LogP contribution in [-0.4, -0.2) is 21.4 Å². The van der Waals surface area contributed by atoms with Gasteiger partial charge in [0.2, 0.25) is 5.91 Å². The molecule has 0 saturated carbocycles. The van der Waals surface area contributed by atoms with Crippen LogP contribution in [0.15, 0.2) is 62.7 Å². The van der Waals surface area contributed by atoms with Gasteiger partial charge in [0, 0.05) is 9.79 Å². The molecule has 1 unspecified atom stereocenters. The molecule has 3 aromatic rings. The number of carbonyl (C=O) groups excluding carboxylic acids is 1. The van der Waals surface area contributed by atoms with Gasteiger partial charge in [0.25, 0.3) is 0 Å². The van der Waals surface area contributed by atoms with Gasteiger partial charge in [-0.1, -0.05) is 66.0 Å². The van der Waals surface area contributed by atoms with Gasteiger partial charge >= 0.3 is 0 Å². The number of para-hydroxylation sites is 2. The lowest BCUT2D eigenvalue weighted by Gasteiger charge is -2.33. The van der Waals surface area contributed by atoms with Gasteiger partial charge in [-0.2, -0.15) is 0 Å². The Morgan fingerprint density at radius 1 is 1.08 bits per heavy atom. The van der Waals surface area contributed by atoms with Crippen LogP contribution in [0.25, 0.3) is 0 Å². The predicted octanol–water partition coefficient (Wildman–Crippen LogP) is 5.55. The molecule has 2 heterocycles. The first kappa shape index (κ1) is 17.6. The van der Waals surface area contributed by atoms with Crippen molar-refractivity contribution in [3.8, 4) is 0 Å². The Morgan fingerprint density at radius 3 is 2.23 bits per heavy atom. The first-order chi connectivity index (χ1) is 12.7. The average Bonchev–Trinajstić information content (AvgIpc) is 3.08. The van der Waals surface area contributed by atoms with Gasteiger partial charge < -0.3 is 0 Å². The summed E-state index contributed by atoms with van der Waals surface area (Å²) in [4.78, 5) is 17.6. The molecule has 1 aliphatic heterocycles. The minimum Gasteiger partial charge on any atom is -0.278 e. The molecule has 0 spiro atoms. The summed E-state index contributed by atoms with van der Waals surface area (Å²) in [6.07, 6.45) is 0.732. The third-order valence-electron chi connectivity index (χ3n) is 4.05. The molecule has 0 radical (unpaired) electrons. The number of carbonyl (C=O) groups is 1. The van der Waals surface area contributed by atoms with Gasteiger partial charge in [-0.25, -0.2) is 0 Å². The summed E-state index contributed by atoms with van der Waals surface area (Å²) in [6.45, 7) is 3.97. The minimum absolute atomic E-state index is 0.0885. The highest BCUT2D eigenvalue weighted by molar-refractivity contribution is 8.02. The standard InChI is InChI=1S/C19H17N3OS3/c1-3-15(26-19-21-20-12(2)24-19)18(23)22-13-8-4-6-10-16(13)25-17-11-7-5-9-14(17)22/h4-11,15H,3H2,1-2H3. The second-order valence-corrected chi connectivity index (χ2v) is 9.53. The fourth-order valence-electron chi connectivity index (χ4n) is 2.84. The van der Waals surface area contributed by atoms with Crippen molar-refractivity contribution >= 4 is 52.1 Å². The fraction of sp³-hybridized carbons (Fsp3) is 0.211. The maximum atomic E-state index is 13.5. The smallest absolute Gasteiger partial charge is 0.245 e. The molecule has 0 fully saturated rings. The lowest BCUT2D eigenvalue weighted by atomic mass is 10.2. The van der Waals surface area contributed by atoms with E-state index in [-0.39, 0.29) is 11.2 Å². The molecule has 4 rings (SSSR count). The van der Waals surface area contributed by atoms with E-state index in [1.807, 2.05) is 55.1 Å². The van der Waals surface area contributed by atoms with E-state index in [0.29, 0.717) is 0 Å². The van der Waals surface area contributed by atoms with Crippen LogP contribution >= 0.6 is 34.9 Å². The summed E-state index contributed by atoms with van der Waals surface area (Å²) in [6, 6.07) is 16.2. The second kappa shape index (κ2) is 7.42. The Labute approximate surface area is 165 Å². The molecule has 0 N–H and O–H groups in total. The molecule has 1 aromatic heterocycles. The summed E-state index contributed by atoms with van der Waals surface area (Å²) < 4.78 is 0.843. The third-order valence-corrected chi connectivity index (χ3v) is 7.45. The molecule has 132 valence electrons. The quantitative estimate of drug-likeness (QED) is 0.539. The molecule has 0 saturated heterocycles. The number of anilines is 2. The van der Waals surface area contributed by atoms with Gasteiger partial charge in [0.1, 0.15) is 5.01 Å². The summed E-state index contributed by atoms with van der Waals surface area (Å²) in [5.74, 6) is 0.0885. The van der Waals surface area contributed by atoms with Gasteiger partial charge in [0.15, 0.2) is 4.34 Å². The number of benzene rings is 2. The molecule has 1 amide bonds. The van der Waals surface area contributed by atoms with Gasteiger partial charge in [0.05, 0.1) is 16.6 Å². The normalized spacial score (nSPS) is 13.8. The number of rotatable bonds is 4. The highest BCUT2D eigenvalue weighted by Gasteiger charge is 2.32. The van der Waals surface area contributed by atoms with Crippen molar-refractivity contribution in [2.75, 3.05) is 4.90 Å².